The van der Waals surface area contributed by atoms with E-state index < -0.39 is 28.5 Å². The number of amides is 2. The molecule has 0 heterocycles. The Labute approximate surface area is 209 Å². The molecule has 0 bridgehead atoms. The number of sulfonamides is 1. The van der Waals surface area contributed by atoms with Crippen LogP contribution in [0.4, 0.5) is 5.69 Å². The molecule has 0 radical (unpaired) electrons. The number of benzene rings is 2. The van der Waals surface area contributed by atoms with Crippen molar-refractivity contribution in [2.24, 2.45) is 5.92 Å². The molecular weight excluding hydrogens is 466 g/mol. The topological polar surface area (TPSA) is 96.0 Å². The fourth-order valence-electron chi connectivity index (χ4n) is 3.61. The standard InChI is InChI=1S/C26H37N3O5S/c1-19(2)17-27-26(31)21(4)28(15-14-22-10-8-7-9-11-22)25(30)18-29(35(6,32)33)23-16-20(3)12-13-24(23)34-5/h7-13,16,19,21H,14-15,17-18H2,1-6H3,(H,27,31)/t21-/m1/s1. The van der Waals surface area contributed by atoms with Crippen LogP contribution in [0.5, 0.6) is 5.75 Å². The highest BCUT2D eigenvalue weighted by atomic mass is 32.2. The van der Waals surface area contributed by atoms with E-state index in [4.69, 9.17) is 4.74 Å². The number of carbonyl (C=O) groups is 2. The van der Waals surface area contributed by atoms with Gasteiger partial charge in [0, 0.05) is 13.1 Å². The molecule has 0 saturated carbocycles. The second-order valence-corrected chi connectivity index (χ2v) is 11.0. The van der Waals surface area contributed by atoms with Crippen LogP contribution in [0.25, 0.3) is 0 Å². The fraction of sp³-hybridized carbons (Fsp3) is 0.462. The molecule has 2 amide bonds. The van der Waals surface area contributed by atoms with Gasteiger partial charge in [0.1, 0.15) is 18.3 Å². The number of carbonyl (C=O) groups excluding carboxylic acids is 2. The van der Waals surface area contributed by atoms with Crippen LogP contribution >= 0.6 is 0 Å². The van der Waals surface area contributed by atoms with Crippen LogP contribution in [0, 0.1) is 12.8 Å². The molecule has 2 aromatic rings. The SMILES string of the molecule is COc1ccc(C)cc1N(CC(=O)N(CCc1ccccc1)[C@H](C)C(=O)NCC(C)C)S(C)(=O)=O. The van der Waals surface area contributed by atoms with Gasteiger partial charge in [-0.1, -0.05) is 50.2 Å². The Hall–Kier alpha value is -3.07. The summed E-state index contributed by atoms with van der Waals surface area (Å²) in [6.45, 7) is 7.77. The number of nitrogens with zero attached hydrogens (tertiary/aromatic N) is 2. The lowest BCUT2D eigenvalue weighted by Gasteiger charge is -2.32. The van der Waals surface area contributed by atoms with Crippen molar-refractivity contribution >= 4 is 27.5 Å². The quantitative estimate of drug-likeness (QED) is 0.480. The van der Waals surface area contributed by atoms with Gasteiger partial charge < -0.3 is 15.0 Å². The van der Waals surface area contributed by atoms with E-state index in [9.17, 15) is 18.0 Å². The predicted molar refractivity (Wildman–Crippen MR) is 139 cm³/mol. The molecular formula is C26H37N3O5S. The van der Waals surface area contributed by atoms with Crippen LogP contribution in [-0.4, -0.2) is 64.2 Å². The largest absolute Gasteiger partial charge is 0.495 e. The Morgan fingerprint density at radius 1 is 1.06 bits per heavy atom. The third-order valence-electron chi connectivity index (χ3n) is 5.62. The van der Waals surface area contributed by atoms with Crippen molar-refractivity contribution in [1.29, 1.82) is 0 Å². The van der Waals surface area contributed by atoms with Crippen molar-refractivity contribution in [1.82, 2.24) is 10.2 Å². The first-order chi connectivity index (χ1) is 16.4. The number of anilines is 1. The monoisotopic (exact) mass is 503 g/mol. The zero-order valence-electron chi connectivity index (χ0n) is 21.4. The minimum atomic E-state index is -3.83. The molecule has 0 saturated heterocycles. The molecule has 0 spiro atoms. The lowest BCUT2D eigenvalue weighted by molar-refractivity contribution is -0.138. The fourth-order valence-corrected chi connectivity index (χ4v) is 4.46. The zero-order valence-corrected chi connectivity index (χ0v) is 22.3. The molecule has 0 fully saturated rings. The zero-order chi connectivity index (χ0) is 26.2. The van der Waals surface area contributed by atoms with Crippen molar-refractivity contribution in [2.75, 3.05) is 37.3 Å². The van der Waals surface area contributed by atoms with Gasteiger partial charge in [-0.3, -0.25) is 13.9 Å². The molecule has 0 aliphatic heterocycles. The highest BCUT2D eigenvalue weighted by Gasteiger charge is 2.31. The number of rotatable bonds is 12. The highest BCUT2D eigenvalue weighted by Crippen LogP contribution is 2.31. The van der Waals surface area contributed by atoms with Crippen LogP contribution in [-0.2, 0) is 26.0 Å². The molecule has 0 unspecified atom stereocenters. The summed E-state index contributed by atoms with van der Waals surface area (Å²) >= 11 is 0. The van der Waals surface area contributed by atoms with Crippen molar-refractivity contribution in [2.45, 2.75) is 40.2 Å². The summed E-state index contributed by atoms with van der Waals surface area (Å²) in [5.74, 6) is -0.150. The maximum Gasteiger partial charge on any atom is 0.244 e. The predicted octanol–water partition coefficient (Wildman–Crippen LogP) is 3.00. The van der Waals surface area contributed by atoms with Gasteiger partial charge in [0.2, 0.25) is 21.8 Å². The van der Waals surface area contributed by atoms with E-state index in [-0.39, 0.29) is 24.1 Å². The molecule has 8 nitrogen and oxygen atoms in total. The molecule has 0 aliphatic rings. The van der Waals surface area contributed by atoms with Gasteiger partial charge in [0.15, 0.2) is 0 Å². The summed E-state index contributed by atoms with van der Waals surface area (Å²) in [6, 6.07) is 14.0. The third-order valence-corrected chi connectivity index (χ3v) is 6.74. The van der Waals surface area contributed by atoms with Crippen LogP contribution < -0.4 is 14.4 Å². The van der Waals surface area contributed by atoms with Crippen LogP contribution in [0.15, 0.2) is 48.5 Å². The first kappa shape index (κ1) is 28.2. The summed E-state index contributed by atoms with van der Waals surface area (Å²) in [5.41, 5.74) is 2.12. The molecule has 35 heavy (non-hydrogen) atoms. The Morgan fingerprint density at radius 2 is 1.71 bits per heavy atom. The Kier molecular flexibility index (Phi) is 10.1. The van der Waals surface area contributed by atoms with Crippen LogP contribution in [0.1, 0.15) is 31.9 Å². The summed E-state index contributed by atoms with van der Waals surface area (Å²) < 4.78 is 31.9. The van der Waals surface area contributed by atoms with Gasteiger partial charge in [0.25, 0.3) is 0 Å². The Balaban J connectivity index is 2.36. The van der Waals surface area contributed by atoms with E-state index in [1.54, 1.807) is 25.1 Å². The maximum atomic E-state index is 13.6. The van der Waals surface area contributed by atoms with Crippen LogP contribution in [0.3, 0.4) is 0 Å². The van der Waals surface area contributed by atoms with Crippen molar-refractivity contribution < 1.29 is 22.7 Å². The average molecular weight is 504 g/mol. The first-order valence-electron chi connectivity index (χ1n) is 11.7. The smallest absolute Gasteiger partial charge is 0.244 e. The van der Waals surface area contributed by atoms with Crippen LogP contribution in [0.2, 0.25) is 0 Å². The van der Waals surface area contributed by atoms with Crippen molar-refractivity contribution in [3.05, 3.63) is 59.7 Å². The molecule has 2 aromatic carbocycles. The average Bonchev–Trinajstić information content (AvgIpc) is 2.80. The lowest BCUT2D eigenvalue weighted by Crippen LogP contribution is -2.52. The summed E-state index contributed by atoms with van der Waals surface area (Å²) in [7, 11) is -2.38. The Morgan fingerprint density at radius 3 is 2.29 bits per heavy atom. The maximum absolute atomic E-state index is 13.6. The minimum Gasteiger partial charge on any atom is -0.495 e. The van der Waals surface area contributed by atoms with E-state index in [0.717, 1.165) is 21.7 Å². The van der Waals surface area contributed by atoms with E-state index in [1.165, 1.54) is 12.0 Å². The number of nitrogens with one attached hydrogen (secondary N) is 1. The molecule has 192 valence electrons. The number of hydrogen-bond donors (Lipinski definition) is 1. The van der Waals surface area contributed by atoms with E-state index in [1.807, 2.05) is 51.1 Å². The summed E-state index contributed by atoms with van der Waals surface area (Å²) in [5, 5.41) is 2.87. The van der Waals surface area contributed by atoms with Gasteiger partial charge in [-0.15, -0.1) is 0 Å². The molecule has 9 heteroatoms. The number of ether oxygens (including phenoxy) is 1. The summed E-state index contributed by atoms with van der Waals surface area (Å²) in [6.07, 6.45) is 1.58. The highest BCUT2D eigenvalue weighted by molar-refractivity contribution is 7.92. The number of hydrogen-bond acceptors (Lipinski definition) is 5. The lowest BCUT2D eigenvalue weighted by atomic mass is 10.1. The van der Waals surface area contributed by atoms with E-state index in [2.05, 4.69) is 5.32 Å². The minimum absolute atomic E-state index is 0.258. The number of aryl methyl sites for hydroxylation is 1. The third kappa shape index (κ3) is 8.28. The first-order valence-corrected chi connectivity index (χ1v) is 13.5. The van der Waals surface area contributed by atoms with Gasteiger partial charge in [-0.05, 0) is 49.4 Å². The molecule has 2 rings (SSSR count). The van der Waals surface area contributed by atoms with Gasteiger partial charge in [0.05, 0.1) is 19.1 Å². The Bertz CT molecular complexity index is 1100. The van der Waals surface area contributed by atoms with E-state index in [0.29, 0.717) is 18.7 Å². The molecule has 0 aliphatic carbocycles. The van der Waals surface area contributed by atoms with Gasteiger partial charge in [-0.2, -0.15) is 0 Å². The molecule has 1 atom stereocenters. The molecule has 0 aromatic heterocycles. The van der Waals surface area contributed by atoms with Gasteiger partial charge in [-0.25, -0.2) is 8.42 Å². The van der Waals surface area contributed by atoms with Crippen molar-refractivity contribution in [3.63, 3.8) is 0 Å². The summed E-state index contributed by atoms with van der Waals surface area (Å²) in [4.78, 5) is 27.9. The normalized spacial score (nSPS) is 12.2. The number of methoxy groups -OCH3 is 1. The van der Waals surface area contributed by atoms with E-state index >= 15 is 0 Å². The second-order valence-electron chi connectivity index (χ2n) is 9.08. The van der Waals surface area contributed by atoms with Gasteiger partial charge >= 0.3 is 0 Å². The molecule has 1 N–H and O–H groups in total. The van der Waals surface area contributed by atoms with Crippen molar-refractivity contribution in [3.8, 4) is 5.75 Å². The second kappa shape index (κ2) is 12.6.